The zero-order chi connectivity index (χ0) is 14.8. The van der Waals surface area contributed by atoms with E-state index in [1.54, 1.807) is 11.9 Å². The first-order valence-electron chi connectivity index (χ1n) is 6.50. The Morgan fingerprint density at radius 2 is 2.15 bits per heavy atom. The zero-order valence-electron chi connectivity index (χ0n) is 11.5. The maximum Gasteiger partial charge on any atom is 0.231 e. The standard InChI is InChI=1S/C11H18ClN5O2S/c1-3-5-13-10-14-9(12)15-11(16-10)17(2)8-4-6-20(18,19)7-8/h8H,3-7H2,1-2H3,(H,13,14,15,16). The van der Waals surface area contributed by atoms with E-state index in [9.17, 15) is 8.42 Å². The zero-order valence-corrected chi connectivity index (χ0v) is 13.1. The van der Waals surface area contributed by atoms with Crippen LogP contribution < -0.4 is 10.2 Å². The smallest absolute Gasteiger partial charge is 0.231 e. The molecule has 0 amide bonds. The van der Waals surface area contributed by atoms with E-state index in [1.807, 2.05) is 6.92 Å². The first-order valence-corrected chi connectivity index (χ1v) is 8.70. The Bertz CT molecular complexity index is 580. The van der Waals surface area contributed by atoms with Gasteiger partial charge in [0.05, 0.1) is 11.5 Å². The normalized spacial score (nSPS) is 20.9. The molecule has 20 heavy (non-hydrogen) atoms. The summed E-state index contributed by atoms with van der Waals surface area (Å²) in [5, 5.41) is 3.14. The van der Waals surface area contributed by atoms with Gasteiger partial charge in [-0.3, -0.25) is 0 Å². The number of anilines is 2. The Kier molecular flexibility index (Phi) is 4.64. The molecule has 1 aromatic rings. The summed E-state index contributed by atoms with van der Waals surface area (Å²) in [6, 6.07) is -0.113. The molecule has 0 saturated carbocycles. The van der Waals surface area contributed by atoms with Gasteiger partial charge in [-0.1, -0.05) is 6.92 Å². The lowest BCUT2D eigenvalue weighted by molar-refractivity contribution is 0.600. The molecule has 2 heterocycles. The highest BCUT2D eigenvalue weighted by Crippen LogP contribution is 2.21. The average molecular weight is 320 g/mol. The number of hydrogen-bond donors (Lipinski definition) is 1. The molecule has 0 aliphatic carbocycles. The van der Waals surface area contributed by atoms with Crippen LogP contribution in [0.25, 0.3) is 0 Å². The third-order valence-corrected chi connectivity index (χ3v) is 5.12. The molecule has 1 aliphatic heterocycles. The number of sulfone groups is 1. The van der Waals surface area contributed by atoms with Crippen molar-refractivity contribution >= 4 is 33.3 Å². The molecule has 1 N–H and O–H groups in total. The van der Waals surface area contributed by atoms with E-state index in [1.165, 1.54) is 0 Å². The second-order valence-electron chi connectivity index (χ2n) is 4.82. The minimum atomic E-state index is -2.94. The van der Waals surface area contributed by atoms with Gasteiger partial charge in [0.1, 0.15) is 0 Å². The van der Waals surface area contributed by atoms with Crippen molar-refractivity contribution in [1.29, 1.82) is 0 Å². The van der Waals surface area contributed by atoms with E-state index in [-0.39, 0.29) is 22.8 Å². The largest absolute Gasteiger partial charge is 0.354 e. The molecule has 7 nitrogen and oxygen atoms in total. The van der Waals surface area contributed by atoms with Crippen LogP contribution in [0, 0.1) is 0 Å². The quantitative estimate of drug-likeness (QED) is 0.865. The molecule has 112 valence electrons. The van der Waals surface area contributed by atoms with Crippen LogP contribution in [-0.2, 0) is 9.84 Å². The molecule has 2 rings (SSSR count). The molecule has 0 aromatic carbocycles. The van der Waals surface area contributed by atoms with E-state index in [2.05, 4.69) is 20.3 Å². The number of aromatic nitrogens is 3. The van der Waals surface area contributed by atoms with Gasteiger partial charge >= 0.3 is 0 Å². The van der Waals surface area contributed by atoms with Crippen LogP contribution in [0.5, 0.6) is 0 Å². The summed E-state index contributed by atoms with van der Waals surface area (Å²) in [6.07, 6.45) is 1.52. The molecule has 1 aromatic heterocycles. The maximum atomic E-state index is 11.5. The molecule has 1 saturated heterocycles. The second kappa shape index (κ2) is 6.09. The minimum absolute atomic E-state index is 0.0984. The summed E-state index contributed by atoms with van der Waals surface area (Å²) in [6.45, 7) is 2.77. The van der Waals surface area contributed by atoms with Crippen molar-refractivity contribution in [3.63, 3.8) is 0 Å². The summed E-state index contributed by atoms with van der Waals surface area (Å²) < 4.78 is 23.1. The van der Waals surface area contributed by atoms with Crippen LogP contribution >= 0.6 is 11.6 Å². The fraction of sp³-hybridized carbons (Fsp3) is 0.727. The van der Waals surface area contributed by atoms with Crippen molar-refractivity contribution in [1.82, 2.24) is 15.0 Å². The van der Waals surface area contributed by atoms with Crippen LogP contribution in [0.3, 0.4) is 0 Å². The van der Waals surface area contributed by atoms with Crippen LogP contribution in [0.1, 0.15) is 19.8 Å². The predicted octanol–water partition coefficient (Wildman–Crippen LogP) is 0.970. The van der Waals surface area contributed by atoms with Gasteiger partial charge in [0.15, 0.2) is 9.84 Å². The fourth-order valence-corrected chi connectivity index (χ4v) is 3.99. The topological polar surface area (TPSA) is 88.1 Å². The summed E-state index contributed by atoms with van der Waals surface area (Å²) >= 11 is 5.89. The highest BCUT2D eigenvalue weighted by atomic mass is 35.5. The van der Waals surface area contributed by atoms with Crippen molar-refractivity contribution in [3.8, 4) is 0 Å². The van der Waals surface area contributed by atoms with Gasteiger partial charge in [-0.2, -0.15) is 15.0 Å². The highest BCUT2D eigenvalue weighted by Gasteiger charge is 2.32. The lowest BCUT2D eigenvalue weighted by Gasteiger charge is -2.23. The first-order chi connectivity index (χ1) is 9.41. The van der Waals surface area contributed by atoms with E-state index >= 15 is 0 Å². The first kappa shape index (κ1) is 15.2. The molecule has 1 atom stereocenters. The Balaban J connectivity index is 2.17. The van der Waals surface area contributed by atoms with E-state index in [4.69, 9.17) is 11.6 Å². The van der Waals surface area contributed by atoms with Crippen LogP contribution in [0.4, 0.5) is 11.9 Å². The average Bonchev–Trinajstić information content (AvgIpc) is 2.75. The van der Waals surface area contributed by atoms with Crippen LogP contribution in [-0.4, -0.2) is 54.5 Å². The lowest BCUT2D eigenvalue weighted by Crippen LogP contribution is -2.34. The van der Waals surface area contributed by atoms with Gasteiger partial charge in [-0.15, -0.1) is 0 Å². The molecule has 9 heteroatoms. The van der Waals surface area contributed by atoms with Gasteiger partial charge in [0, 0.05) is 19.6 Å². The maximum absolute atomic E-state index is 11.5. The molecule has 0 bridgehead atoms. The van der Waals surface area contributed by atoms with Gasteiger partial charge in [0.2, 0.25) is 17.2 Å². The van der Waals surface area contributed by atoms with E-state index in [0.717, 1.165) is 13.0 Å². The van der Waals surface area contributed by atoms with Gasteiger partial charge < -0.3 is 10.2 Å². The van der Waals surface area contributed by atoms with E-state index in [0.29, 0.717) is 18.3 Å². The number of rotatable bonds is 5. The summed E-state index contributed by atoms with van der Waals surface area (Å²) in [5.74, 6) is 1.15. The predicted molar refractivity (Wildman–Crippen MR) is 79.1 cm³/mol. The SMILES string of the molecule is CCCNc1nc(Cl)nc(N(C)C2CCS(=O)(=O)C2)n1. The minimum Gasteiger partial charge on any atom is -0.354 e. The Hall–Kier alpha value is -1.15. The van der Waals surface area contributed by atoms with Crippen LogP contribution in [0.2, 0.25) is 5.28 Å². The van der Waals surface area contributed by atoms with E-state index < -0.39 is 9.84 Å². The Morgan fingerprint density at radius 1 is 1.40 bits per heavy atom. The van der Waals surface area contributed by atoms with Crippen molar-refractivity contribution in [2.24, 2.45) is 0 Å². The molecule has 0 radical (unpaired) electrons. The third kappa shape index (κ3) is 3.69. The Morgan fingerprint density at radius 3 is 2.75 bits per heavy atom. The molecular formula is C11H18ClN5O2S. The number of halogens is 1. The summed E-state index contributed by atoms with van der Waals surface area (Å²) in [7, 11) is -1.17. The Labute approximate surface area is 123 Å². The second-order valence-corrected chi connectivity index (χ2v) is 7.39. The van der Waals surface area contributed by atoms with Crippen LogP contribution in [0.15, 0.2) is 0 Å². The fourth-order valence-electron chi connectivity index (χ4n) is 2.06. The number of hydrogen-bond acceptors (Lipinski definition) is 7. The monoisotopic (exact) mass is 319 g/mol. The van der Waals surface area contributed by atoms with Gasteiger partial charge in [0.25, 0.3) is 0 Å². The van der Waals surface area contributed by atoms with Gasteiger partial charge in [-0.25, -0.2) is 8.42 Å². The molecule has 1 fully saturated rings. The number of nitrogens with zero attached hydrogens (tertiary/aromatic N) is 4. The van der Waals surface area contributed by atoms with Crippen molar-refractivity contribution in [3.05, 3.63) is 5.28 Å². The third-order valence-electron chi connectivity index (χ3n) is 3.20. The lowest BCUT2D eigenvalue weighted by atomic mass is 10.2. The molecule has 1 unspecified atom stereocenters. The van der Waals surface area contributed by atoms with Crippen molar-refractivity contribution in [2.75, 3.05) is 35.3 Å². The number of nitrogens with one attached hydrogen (secondary N) is 1. The van der Waals surface area contributed by atoms with Gasteiger partial charge in [-0.05, 0) is 24.4 Å². The van der Waals surface area contributed by atoms with Crippen molar-refractivity contribution in [2.45, 2.75) is 25.8 Å². The molecule has 0 spiro atoms. The summed E-state index contributed by atoms with van der Waals surface area (Å²) in [4.78, 5) is 14.1. The summed E-state index contributed by atoms with van der Waals surface area (Å²) in [5.41, 5.74) is 0. The molecule has 1 aliphatic rings. The molecular weight excluding hydrogens is 302 g/mol. The highest BCUT2D eigenvalue weighted by molar-refractivity contribution is 7.91. The van der Waals surface area contributed by atoms with Crippen molar-refractivity contribution < 1.29 is 8.42 Å².